The molecule has 0 radical (unpaired) electrons. The highest BCUT2D eigenvalue weighted by molar-refractivity contribution is 5.62. The Balaban J connectivity index is 0. The van der Waals surface area contributed by atoms with Crippen LogP contribution in [-0.2, 0) is 14.3 Å². The predicted molar refractivity (Wildman–Crippen MR) is 62.9 cm³/mol. The summed E-state index contributed by atoms with van der Waals surface area (Å²) in [5.74, 6) is -0.833. The van der Waals surface area contributed by atoms with E-state index in [1.54, 1.807) is 13.8 Å². The Morgan fingerprint density at radius 2 is 1.53 bits per heavy atom. The molecule has 6 nitrogen and oxygen atoms in total. The smallest absolute Gasteiger partial charge is 0.300 e. The highest BCUT2D eigenvalue weighted by Crippen LogP contribution is 1.97. The first kappa shape index (κ1) is 18.7. The van der Waals surface area contributed by atoms with E-state index in [4.69, 9.17) is 29.6 Å². The molecule has 0 heterocycles. The largest absolute Gasteiger partial charge is 0.481 e. The number of rotatable bonds is 7. The molecular formula is C11H24O6. The zero-order valence-corrected chi connectivity index (χ0v) is 10.9. The van der Waals surface area contributed by atoms with Crippen LogP contribution < -0.4 is 0 Å². The average Bonchev–Trinajstić information content (AvgIpc) is 2.22. The summed E-state index contributed by atoms with van der Waals surface area (Å²) >= 11 is 0. The van der Waals surface area contributed by atoms with Crippen molar-refractivity contribution in [1.82, 2.24) is 0 Å². The van der Waals surface area contributed by atoms with Gasteiger partial charge in [0, 0.05) is 6.92 Å². The summed E-state index contributed by atoms with van der Waals surface area (Å²) < 4.78 is 10.5. The molecule has 3 N–H and O–H groups in total. The monoisotopic (exact) mass is 252 g/mol. The van der Waals surface area contributed by atoms with E-state index in [1.165, 1.54) is 0 Å². The van der Waals surface area contributed by atoms with Crippen LogP contribution in [0, 0.1) is 0 Å². The molecule has 0 bridgehead atoms. The number of aliphatic hydroxyl groups excluding tert-OH is 2. The number of ether oxygens (including phenoxy) is 2. The molecule has 0 aromatic heterocycles. The second-order valence-corrected chi connectivity index (χ2v) is 3.84. The van der Waals surface area contributed by atoms with Gasteiger partial charge < -0.3 is 24.8 Å². The molecule has 0 aliphatic heterocycles. The number of carboxylic acid groups (broad SMARTS) is 1. The summed E-state index contributed by atoms with van der Waals surface area (Å²) in [4.78, 5) is 9.00. The maximum absolute atomic E-state index is 9.00. The van der Waals surface area contributed by atoms with E-state index in [2.05, 4.69) is 0 Å². The van der Waals surface area contributed by atoms with Gasteiger partial charge in [-0.2, -0.15) is 0 Å². The van der Waals surface area contributed by atoms with E-state index in [9.17, 15) is 0 Å². The van der Waals surface area contributed by atoms with E-state index in [-0.39, 0.29) is 18.8 Å². The quantitative estimate of drug-likeness (QED) is 0.601. The van der Waals surface area contributed by atoms with Gasteiger partial charge in [-0.15, -0.1) is 0 Å². The van der Waals surface area contributed by atoms with E-state index in [0.29, 0.717) is 13.2 Å². The van der Waals surface area contributed by atoms with Crippen LogP contribution in [0.5, 0.6) is 0 Å². The van der Waals surface area contributed by atoms with E-state index < -0.39 is 12.1 Å². The Morgan fingerprint density at radius 1 is 1.12 bits per heavy atom. The Kier molecular flexibility index (Phi) is 12.9. The molecule has 0 aromatic carbocycles. The number of aliphatic hydroxyl groups is 2. The molecule has 0 aromatic rings. The maximum Gasteiger partial charge on any atom is 0.300 e. The van der Waals surface area contributed by atoms with Crippen LogP contribution >= 0.6 is 0 Å². The van der Waals surface area contributed by atoms with Crippen LogP contribution in [-0.4, -0.2) is 59.4 Å². The summed E-state index contributed by atoms with van der Waals surface area (Å²) in [5, 5.41) is 25.0. The third-order valence-corrected chi connectivity index (χ3v) is 1.49. The van der Waals surface area contributed by atoms with Gasteiger partial charge in [-0.25, -0.2) is 0 Å². The SMILES string of the molecule is CC(=O)O.CC(O)COC(C)COC(C)CO. The zero-order chi connectivity index (χ0) is 13.8. The fourth-order valence-electron chi connectivity index (χ4n) is 0.704. The second kappa shape index (κ2) is 11.8. The van der Waals surface area contributed by atoms with Crippen molar-refractivity contribution in [2.45, 2.75) is 46.0 Å². The Labute approximate surface area is 102 Å². The summed E-state index contributed by atoms with van der Waals surface area (Å²) in [6.07, 6.45) is -0.654. The standard InChI is InChI=1S/C9H20O4.C2H4O2/c1-7(11)5-12-9(3)6-13-8(2)4-10;1-2(3)4/h7-11H,4-6H2,1-3H3;1H3,(H,3,4). The van der Waals surface area contributed by atoms with Crippen molar-refractivity contribution in [1.29, 1.82) is 0 Å². The normalized spacial score (nSPS) is 15.4. The van der Waals surface area contributed by atoms with Crippen molar-refractivity contribution in [3.63, 3.8) is 0 Å². The Morgan fingerprint density at radius 3 is 1.88 bits per heavy atom. The van der Waals surface area contributed by atoms with Gasteiger partial charge >= 0.3 is 0 Å². The van der Waals surface area contributed by atoms with Gasteiger partial charge in [-0.05, 0) is 20.8 Å². The minimum absolute atomic E-state index is 0.0170. The summed E-state index contributed by atoms with van der Waals surface area (Å²) in [5.41, 5.74) is 0. The van der Waals surface area contributed by atoms with Gasteiger partial charge in [0.1, 0.15) is 0 Å². The summed E-state index contributed by atoms with van der Waals surface area (Å²) in [6, 6.07) is 0. The van der Waals surface area contributed by atoms with Gasteiger partial charge in [0.2, 0.25) is 0 Å². The fraction of sp³-hybridized carbons (Fsp3) is 0.909. The van der Waals surface area contributed by atoms with Crippen molar-refractivity contribution >= 4 is 5.97 Å². The van der Waals surface area contributed by atoms with Gasteiger partial charge in [0.05, 0.1) is 38.1 Å². The van der Waals surface area contributed by atoms with Crippen LogP contribution in [0.1, 0.15) is 27.7 Å². The molecule has 3 unspecified atom stereocenters. The van der Waals surface area contributed by atoms with E-state index >= 15 is 0 Å². The first-order valence-corrected chi connectivity index (χ1v) is 5.51. The van der Waals surface area contributed by atoms with Crippen LogP contribution in [0.15, 0.2) is 0 Å². The summed E-state index contributed by atoms with van der Waals surface area (Å²) in [6.45, 7) is 7.19. The van der Waals surface area contributed by atoms with Gasteiger partial charge in [-0.3, -0.25) is 4.79 Å². The third kappa shape index (κ3) is 21.2. The first-order valence-electron chi connectivity index (χ1n) is 5.51. The fourth-order valence-corrected chi connectivity index (χ4v) is 0.704. The van der Waals surface area contributed by atoms with E-state index in [1.807, 2.05) is 6.92 Å². The van der Waals surface area contributed by atoms with Crippen molar-refractivity contribution < 1.29 is 29.6 Å². The van der Waals surface area contributed by atoms with Crippen molar-refractivity contribution in [3.8, 4) is 0 Å². The maximum atomic E-state index is 9.00. The number of hydrogen-bond acceptors (Lipinski definition) is 5. The molecule has 3 atom stereocenters. The lowest BCUT2D eigenvalue weighted by Crippen LogP contribution is -2.24. The zero-order valence-electron chi connectivity index (χ0n) is 10.9. The lowest BCUT2D eigenvalue weighted by Gasteiger charge is -2.16. The lowest BCUT2D eigenvalue weighted by atomic mass is 10.4. The van der Waals surface area contributed by atoms with Crippen molar-refractivity contribution in [3.05, 3.63) is 0 Å². The molecule has 0 saturated carbocycles. The molecule has 0 aliphatic rings. The number of carbonyl (C=O) groups is 1. The van der Waals surface area contributed by atoms with Crippen LogP contribution in [0.4, 0.5) is 0 Å². The second-order valence-electron chi connectivity index (χ2n) is 3.84. The number of carboxylic acids is 1. The molecule has 6 heteroatoms. The lowest BCUT2D eigenvalue weighted by molar-refractivity contribution is -0.134. The first-order chi connectivity index (χ1) is 7.79. The van der Waals surface area contributed by atoms with Gasteiger partial charge in [0.15, 0.2) is 0 Å². The Bertz CT molecular complexity index is 179. The van der Waals surface area contributed by atoms with Crippen LogP contribution in [0.25, 0.3) is 0 Å². The van der Waals surface area contributed by atoms with Crippen LogP contribution in [0.2, 0.25) is 0 Å². The van der Waals surface area contributed by atoms with E-state index in [0.717, 1.165) is 6.92 Å². The van der Waals surface area contributed by atoms with Crippen LogP contribution in [0.3, 0.4) is 0 Å². The summed E-state index contributed by atoms with van der Waals surface area (Å²) in [7, 11) is 0. The van der Waals surface area contributed by atoms with Gasteiger partial charge in [-0.1, -0.05) is 0 Å². The molecule has 0 amide bonds. The highest BCUT2D eigenvalue weighted by Gasteiger charge is 2.06. The number of hydrogen-bond donors (Lipinski definition) is 3. The number of aliphatic carboxylic acids is 1. The molecule has 0 spiro atoms. The molecule has 0 aliphatic carbocycles. The molecule has 17 heavy (non-hydrogen) atoms. The minimum Gasteiger partial charge on any atom is -0.481 e. The molecule has 104 valence electrons. The molecule has 0 fully saturated rings. The molecular weight excluding hydrogens is 228 g/mol. The highest BCUT2D eigenvalue weighted by atomic mass is 16.5. The van der Waals surface area contributed by atoms with Crippen molar-refractivity contribution in [2.75, 3.05) is 19.8 Å². The minimum atomic E-state index is -0.833. The van der Waals surface area contributed by atoms with Crippen molar-refractivity contribution in [2.24, 2.45) is 0 Å². The predicted octanol–water partition coefficient (Wildman–Crippen LogP) is 0.261. The molecule has 0 saturated heterocycles. The third-order valence-electron chi connectivity index (χ3n) is 1.49. The Hall–Kier alpha value is -0.690. The average molecular weight is 252 g/mol. The topological polar surface area (TPSA) is 96.2 Å². The molecule has 0 rings (SSSR count). The van der Waals surface area contributed by atoms with Gasteiger partial charge in [0.25, 0.3) is 5.97 Å².